The van der Waals surface area contributed by atoms with Crippen LogP contribution < -0.4 is 10.1 Å². The maximum absolute atomic E-state index is 12.4. The number of aromatic nitrogens is 2. The van der Waals surface area contributed by atoms with Crippen LogP contribution in [0, 0.1) is 0 Å². The van der Waals surface area contributed by atoms with E-state index in [9.17, 15) is 4.79 Å². The quantitative estimate of drug-likeness (QED) is 0.685. The lowest BCUT2D eigenvalue weighted by Gasteiger charge is -2.17. The molecule has 28 heavy (non-hydrogen) atoms. The number of para-hydroxylation sites is 1. The monoisotopic (exact) mass is 377 g/mol. The van der Waals surface area contributed by atoms with Crippen molar-refractivity contribution in [1.29, 1.82) is 0 Å². The largest absolute Gasteiger partial charge is 0.488 e. The van der Waals surface area contributed by atoms with Crippen LogP contribution in [-0.2, 0) is 11.3 Å². The standard InChI is InChI=1S/C22H23N3O3/c1-3-16(12-27-2)23-22(26)15-10-8-14(9-11-15)20-18-13-28-19-7-5-4-6-17(19)21(18)25-24-20/h4-11,16H,3,12-13H2,1-2H3,(H,23,26)(H,24,25). The normalized spacial score (nSPS) is 13.2. The van der Waals surface area contributed by atoms with Crippen LogP contribution in [0.25, 0.3) is 22.5 Å². The summed E-state index contributed by atoms with van der Waals surface area (Å²) in [4.78, 5) is 12.4. The Bertz CT molecular complexity index is 979. The molecule has 0 radical (unpaired) electrons. The summed E-state index contributed by atoms with van der Waals surface area (Å²) in [5.74, 6) is 0.760. The van der Waals surface area contributed by atoms with Gasteiger partial charge in [0.2, 0.25) is 0 Å². The second-order valence-electron chi connectivity index (χ2n) is 6.82. The molecule has 2 aromatic carbocycles. The van der Waals surface area contributed by atoms with E-state index in [0.29, 0.717) is 18.8 Å². The number of amides is 1. The molecule has 0 spiro atoms. The highest BCUT2D eigenvalue weighted by atomic mass is 16.5. The highest BCUT2D eigenvalue weighted by Gasteiger charge is 2.23. The summed E-state index contributed by atoms with van der Waals surface area (Å²) in [6.07, 6.45) is 0.818. The van der Waals surface area contributed by atoms with E-state index in [-0.39, 0.29) is 11.9 Å². The Morgan fingerprint density at radius 3 is 2.79 bits per heavy atom. The molecule has 4 rings (SSSR count). The minimum atomic E-state index is -0.100. The van der Waals surface area contributed by atoms with E-state index < -0.39 is 0 Å². The number of aromatic amines is 1. The zero-order valence-electron chi connectivity index (χ0n) is 16.0. The summed E-state index contributed by atoms with van der Waals surface area (Å²) < 4.78 is 11.0. The molecule has 2 heterocycles. The van der Waals surface area contributed by atoms with Crippen LogP contribution in [0.15, 0.2) is 48.5 Å². The fraction of sp³-hybridized carbons (Fsp3) is 0.273. The first kappa shape index (κ1) is 18.3. The summed E-state index contributed by atoms with van der Waals surface area (Å²) in [6.45, 7) is 2.99. The van der Waals surface area contributed by atoms with Crippen molar-refractivity contribution in [2.45, 2.75) is 26.0 Å². The molecule has 0 saturated carbocycles. The molecule has 0 saturated heterocycles. The number of carbonyl (C=O) groups excluding carboxylic acids is 1. The molecular weight excluding hydrogens is 354 g/mol. The molecule has 1 aromatic heterocycles. The SMILES string of the molecule is CCC(COC)NC(=O)c1ccc(-c2n[nH]c3c2COc2ccccc2-3)cc1. The Labute approximate surface area is 163 Å². The lowest BCUT2D eigenvalue weighted by Crippen LogP contribution is -2.37. The number of rotatable bonds is 6. The first-order valence-corrected chi connectivity index (χ1v) is 9.41. The van der Waals surface area contributed by atoms with E-state index in [0.717, 1.165) is 40.2 Å². The second-order valence-corrected chi connectivity index (χ2v) is 6.82. The van der Waals surface area contributed by atoms with Gasteiger partial charge < -0.3 is 14.8 Å². The number of nitrogens with one attached hydrogen (secondary N) is 2. The Hall–Kier alpha value is -3.12. The van der Waals surface area contributed by atoms with Gasteiger partial charge in [-0.1, -0.05) is 31.2 Å². The van der Waals surface area contributed by atoms with Crippen molar-refractivity contribution in [2.24, 2.45) is 0 Å². The summed E-state index contributed by atoms with van der Waals surface area (Å²) in [5.41, 5.74) is 5.45. The minimum absolute atomic E-state index is 0.00718. The fourth-order valence-electron chi connectivity index (χ4n) is 3.43. The third-order valence-corrected chi connectivity index (χ3v) is 5.01. The van der Waals surface area contributed by atoms with Gasteiger partial charge in [-0.05, 0) is 30.7 Å². The molecule has 0 fully saturated rings. The Morgan fingerprint density at radius 2 is 2.04 bits per heavy atom. The van der Waals surface area contributed by atoms with Gasteiger partial charge in [-0.2, -0.15) is 5.10 Å². The molecule has 0 aliphatic carbocycles. The molecule has 6 nitrogen and oxygen atoms in total. The first-order valence-electron chi connectivity index (χ1n) is 9.41. The van der Waals surface area contributed by atoms with Gasteiger partial charge in [-0.15, -0.1) is 0 Å². The van der Waals surface area contributed by atoms with Crippen molar-refractivity contribution >= 4 is 5.91 Å². The molecule has 144 valence electrons. The van der Waals surface area contributed by atoms with Crippen LogP contribution in [0.1, 0.15) is 29.3 Å². The lowest BCUT2D eigenvalue weighted by atomic mass is 9.99. The predicted octanol–water partition coefficient (Wildman–Crippen LogP) is 3.79. The number of benzene rings is 2. The van der Waals surface area contributed by atoms with Crippen molar-refractivity contribution < 1.29 is 14.3 Å². The van der Waals surface area contributed by atoms with Gasteiger partial charge in [-0.3, -0.25) is 9.89 Å². The van der Waals surface area contributed by atoms with E-state index in [4.69, 9.17) is 9.47 Å². The summed E-state index contributed by atoms with van der Waals surface area (Å²) in [7, 11) is 1.64. The van der Waals surface area contributed by atoms with E-state index in [2.05, 4.69) is 15.5 Å². The third-order valence-electron chi connectivity index (χ3n) is 5.01. The summed E-state index contributed by atoms with van der Waals surface area (Å²) >= 11 is 0. The van der Waals surface area contributed by atoms with E-state index >= 15 is 0 Å². The number of hydrogen-bond acceptors (Lipinski definition) is 4. The average molecular weight is 377 g/mol. The Balaban J connectivity index is 1.56. The zero-order chi connectivity index (χ0) is 19.5. The van der Waals surface area contributed by atoms with Crippen molar-refractivity contribution in [3.05, 3.63) is 59.7 Å². The van der Waals surface area contributed by atoms with Gasteiger partial charge >= 0.3 is 0 Å². The number of ether oxygens (including phenoxy) is 2. The highest BCUT2D eigenvalue weighted by Crippen LogP contribution is 2.39. The van der Waals surface area contributed by atoms with Crippen LogP contribution in [0.5, 0.6) is 5.75 Å². The number of H-pyrrole nitrogens is 1. The Morgan fingerprint density at radius 1 is 1.25 bits per heavy atom. The molecule has 1 unspecified atom stereocenters. The average Bonchev–Trinajstić information content (AvgIpc) is 3.18. The van der Waals surface area contributed by atoms with E-state index in [1.807, 2.05) is 55.5 Å². The van der Waals surface area contributed by atoms with Gasteiger partial charge in [0.15, 0.2) is 0 Å². The minimum Gasteiger partial charge on any atom is -0.488 e. The van der Waals surface area contributed by atoms with Crippen LogP contribution in [0.3, 0.4) is 0 Å². The van der Waals surface area contributed by atoms with Crippen LogP contribution in [0.2, 0.25) is 0 Å². The van der Waals surface area contributed by atoms with Crippen LogP contribution in [0.4, 0.5) is 0 Å². The van der Waals surface area contributed by atoms with Gasteiger partial charge in [0.1, 0.15) is 12.4 Å². The second kappa shape index (κ2) is 7.86. The third kappa shape index (κ3) is 3.39. The molecule has 1 aliphatic rings. The van der Waals surface area contributed by atoms with Gasteiger partial charge in [0.05, 0.1) is 24.0 Å². The Kier molecular flexibility index (Phi) is 5.12. The number of nitrogens with zero attached hydrogens (tertiary/aromatic N) is 1. The molecule has 3 aromatic rings. The molecule has 2 N–H and O–H groups in total. The molecule has 1 amide bonds. The van der Waals surface area contributed by atoms with Crippen molar-refractivity contribution in [1.82, 2.24) is 15.5 Å². The summed E-state index contributed by atoms with van der Waals surface area (Å²) in [6, 6.07) is 15.4. The molecule has 6 heteroatoms. The fourth-order valence-corrected chi connectivity index (χ4v) is 3.43. The molecule has 1 aliphatic heterocycles. The van der Waals surface area contributed by atoms with Crippen LogP contribution >= 0.6 is 0 Å². The molecule has 1 atom stereocenters. The number of methoxy groups -OCH3 is 1. The summed E-state index contributed by atoms with van der Waals surface area (Å²) in [5, 5.41) is 10.6. The van der Waals surface area contributed by atoms with Crippen molar-refractivity contribution in [3.63, 3.8) is 0 Å². The smallest absolute Gasteiger partial charge is 0.251 e. The van der Waals surface area contributed by atoms with Gasteiger partial charge in [0, 0.05) is 29.4 Å². The van der Waals surface area contributed by atoms with Crippen LogP contribution in [-0.4, -0.2) is 35.9 Å². The number of hydrogen-bond donors (Lipinski definition) is 2. The van der Waals surface area contributed by atoms with E-state index in [1.54, 1.807) is 7.11 Å². The van der Waals surface area contributed by atoms with Gasteiger partial charge in [0.25, 0.3) is 5.91 Å². The number of fused-ring (bicyclic) bond motifs is 3. The molecule has 0 bridgehead atoms. The van der Waals surface area contributed by atoms with E-state index in [1.165, 1.54) is 0 Å². The maximum Gasteiger partial charge on any atom is 0.251 e. The van der Waals surface area contributed by atoms with Crippen molar-refractivity contribution in [2.75, 3.05) is 13.7 Å². The zero-order valence-corrected chi connectivity index (χ0v) is 16.0. The topological polar surface area (TPSA) is 76.2 Å². The van der Waals surface area contributed by atoms with Gasteiger partial charge in [-0.25, -0.2) is 0 Å². The predicted molar refractivity (Wildman–Crippen MR) is 107 cm³/mol. The molecular formula is C22H23N3O3. The van der Waals surface area contributed by atoms with Crippen molar-refractivity contribution in [3.8, 4) is 28.3 Å². The maximum atomic E-state index is 12.4. The number of carbonyl (C=O) groups is 1. The lowest BCUT2D eigenvalue weighted by molar-refractivity contribution is 0.0894. The highest BCUT2D eigenvalue weighted by molar-refractivity contribution is 5.95. The first-order chi connectivity index (χ1) is 13.7.